The van der Waals surface area contributed by atoms with Gasteiger partial charge in [0, 0.05) is 5.39 Å². The van der Waals surface area contributed by atoms with Gasteiger partial charge in [-0.25, -0.2) is 0 Å². The van der Waals surface area contributed by atoms with Crippen molar-refractivity contribution in [2.24, 2.45) is 0 Å². The number of hydrogen-bond donors (Lipinski definition) is 0. The van der Waals surface area contributed by atoms with Gasteiger partial charge < -0.3 is 4.42 Å². The maximum atomic E-state index is 5.12. The van der Waals surface area contributed by atoms with Crippen molar-refractivity contribution in [2.75, 3.05) is 0 Å². The molecule has 1 aromatic heterocycles. The van der Waals surface area contributed by atoms with Crippen LogP contribution in [0.2, 0.25) is 0 Å². The molecule has 0 unspecified atom stereocenters. The molecule has 1 heteroatoms. The van der Waals surface area contributed by atoms with Crippen LogP contribution in [0.1, 0.15) is 33.1 Å². The summed E-state index contributed by atoms with van der Waals surface area (Å²) in [5, 5.41) is 1.16. The first-order valence-electron chi connectivity index (χ1n) is 5.30. The van der Waals surface area contributed by atoms with Gasteiger partial charge in [-0.2, -0.15) is 0 Å². The zero-order chi connectivity index (χ0) is 10.2. The topological polar surface area (TPSA) is 13.1 Å². The van der Waals surface area contributed by atoms with E-state index in [-0.39, 0.29) is 0 Å². The minimum atomic E-state index is 0.956. The number of rotatable bonds is 2. The normalized spacial score (nSPS) is 9.57. The number of unbranched alkanes of at least 4 members (excludes halogenated alkanes) is 2. The molecule has 0 fully saturated rings. The number of hydrogen-bond acceptors (Lipinski definition) is 1. The molecule has 0 aliphatic carbocycles. The Morgan fingerprint density at radius 2 is 1.71 bits per heavy atom. The highest BCUT2D eigenvalue weighted by molar-refractivity contribution is 5.76. The van der Waals surface area contributed by atoms with Gasteiger partial charge in [-0.3, -0.25) is 0 Å². The van der Waals surface area contributed by atoms with Crippen molar-refractivity contribution in [3.63, 3.8) is 0 Å². The molecule has 0 amide bonds. The van der Waals surface area contributed by atoms with Gasteiger partial charge >= 0.3 is 0 Å². The van der Waals surface area contributed by atoms with E-state index in [0.717, 1.165) is 11.0 Å². The van der Waals surface area contributed by atoms with Gasteiger partial charge in [0.05, 0.1) is 6.26 Å². The predicted octanol–water partition coefficient (Wildman–Crippen LogP) is 4.63. The molecule has 14 heavy (non-hydrogen) atoms. The highest BCUT2D eigenvalue weighted by Gasteiger charge is 1.89. The third kappa shape index (κ3) is 3.25. The molecule has 0 atom stereocenters. The molecule has 1 nitrogen and oxygen atoms in total. The van der Waals surface area contributed by atoms with E-state index in [1.165, 1.54) is 19.3 Å². The Balaban J connectivity index is 0.000000171. The zero-order valence-corrected chi connectivity index (χ0v) is 8.99. The summed E-state index contributed by atoms with van der Waals surface area (Å²) < 4.78 is 5.12. The summed E-state index contributed by atoms with van der Waals surface area (Å²) in [6.45, 7) is 4.42. The molecule has 2 rings (SSSR count). The standard InChI is InChI=1S/C8H6O.C5H12/c1-2-4-8-7(3-1)5-6-9-8;1-3-5-4-2/h1-6H;3-5H2,1-2H3. The third-order valence-electron chi connectivity index (χ3n) is 2.07. The lowest BCUT2D eigenvalue weighted by Crippen LogP contribution is -1.59. The molecule has 0 spiro atoms. The lowest BCUT2D eigenvalue weighted by molar-refractivity contribution is 0.616. The minimum Gasteiger partial charge on any atom is -0.464 e. The number of fused-ring (bicyclic) bond motifs is 1. The second-order valence-electron chi connectivity index (χ2n) is 3.31. The van der Waals surface area contributed by atoms with Gasteiger partial charge in [-0.1, -0.05) is 51.3 Å². The van der Waals surface area contributed by atoms with Crippen LogP contribution in [0, 0.1) is 0 Å². The molecule has 0 aliphatic rings. The van der Waals surface area contributed by atoms with Crippen molar-refractivity contribution in [1.82, 2.24) is 0 Å². The Morgan fingerprint density at radius 3 is 2.29 bits per heavy atom. The van der Waals surface area contributed by atoms with E-state index in [4.69, 9.17) is 4.42 Å². The summed E-state index contributed by atoms with van der Waals surface area (Å²) in [4.78, 5) is 0. The second kappa shape index (κ2) is 6.25. The quantitative estimate of drug-likeness (QED) is 0.673. The van der Waals surface area contributed by atoms with Crippen LogP contribution in [0.5, 0.6) is 0 Å². The highest BCUT2D eigenvalue weighted by Crippen LogP contribution is 2.12. The molecule has 0 saturated carbocycles. The fraction of sp³-hybridized carbons (Fsp3) is 0.385. The van der Waals surface area contributed by atoms with Crippen LogP contribution in [0.15, 0.2) is 41.0 Å². The van der Waals surface area contributed by atoms with E-state index in [9.17, 15) is 0 Å². The van der Waals surface area contributed by atoms with Gasteiger partial charge in [0.1, 0.15) is 5.58 Å². The van der Waals surface area contributed by atoms with Gasteiger partial charge in [-0.05, 0) is 12.1 Å². The third-order valence-corrected chi connectivity index (χ3v) is 2.07. The number of furan rings is 1. The summed E-state index contributed by atoms with van der Waals surface area (Å²) in [5.41, 5.74) is 0.956. The second-order valence-corrected chi connectivity index (χ2v) is 3.31. The molecule has 1 heterocycles. The molecule has 0 N–H and O–H groups in total. The van der Waals surface area contributed by atoms with Crippen molar-refractivity contribution in [3.05, 3.63) is 36.6 Å². The highest BCUT2D eigenvalue weighted by atomic mass is 16.3. The Hall–Kier alpha value is -1.24. The zero-order valence-electron chi connectivity index (χ0n) is 8.99. The smallest absolute Gasteiger partial charge is 0.133 e. The van der Waals surface area contributed by atoms with Crippen LogP contribution in [-0.2, 0) is 0 Å². The Morgan fingerprint density at radius 1 is 1.00 bits per heavy atom. The molecular formula is C13H18O. The van der Waals surface area contributed by atoms with Crippen LogP contribution in [-0.4, -0.2) is 0 Å². The van der Waals surface area contributed by atoms with Crippen molar-refractivity contribution in [1.29, 1.82) is 0 Å². The fourth-order valence-corrected chi connectivity index (χ4v) is 1.26. The predicted molar refractivity (Wildman–Crippen MR) is 61.4 cm³/mol. The van der Waals surface area contributed by atoms with Crippen LogP contribution < -0.4 is 0 Å². The Bertz CT molecular complexity index is 317. The summed E-state index contributed by atoms with van der Waals surface area (Å²) in [5.74, 6) is 0. The molecule has 2 aromatic rings. The van der Waals surface area contributed by atoms with E-state index >= 15 is 0 Å². The monoisotopic (exact) mass is 190 g/mol. The van der Waals surface area contributed by atoms with Crippen LogP contribution in [0.4, 0.5) is 0 Å². The van der Waals surface area contributed by atoms with E-state index in [0.29, 0.717) is 0 Å². The maximum absolute atomic E-state index is 5.12. The van der Waals surface area contributed by atoms with Gasteiger partial charge in [0.25, 0.3) is 0 Å². The molecule has 0 radical (unpaired) electrons. The molecule has 0 bridgehead atoms. The molecule has 76 valence electrons. The number of benzene rings is 1. The molecule has 1 aromatic carbocycles. The van der Waals surface area contributed by atoms with Gasteiger partial charge in [0.2, 0.25) is 0 Å². The molecule has 0 saturated heterocycles. The largest absolute Gasteiger partial charge is 0.464 e. The van der Waals surface area contributed by atoms with E-state index < -0.39 is 0 Å². The molecular weight excluding hydrogens is 172 g/mol. The van der Waals surface area contributed by atoms with E-state index in [1.807, 2.05) is 30.3 Å². The first kappa shape index (κ1) is 10.8. The number of para-hydroxylation sites is 1. The SMILES string of the molecule is CCCCC.c1ccc2occc2c1. The first-order chi connectivity index (χ1) is 6.88. The van der Waals surface area contributed by atoms with Gasteiger partial charge in [-0.15, -0.1) is 0 Å². The maximum Gasteiger partial charge on any atom is 0.133 e. The van der Waals surface area contributed by atoms with Gasteiger partial charge in [0.15, 0.2) is 0 Å². The van der Waals surface area contributed by atoms with Crippen molar-refractivity contribution < 1.29 is 4.42 Å². The van der Waals surface area contributed by atoms with Crippen molar-refractivity contribution >= 4 is 11.0 Å². The van der Waals surface area contributed by atoms with Crippen LogP contribution >= 0.6 is 0 Å². The first-order valence-corrected chi connectivity index (χ1v) is 5.30. The minimum absolute atomic E-state index is 0.956. The summed E-state index contributed by atoms with van der Waals surface area (Å²) in [6.07, 6.45) is 5.78. The van der Waals surface area contributed by atoms with E-state index in [1.54, 1.807) is 6.26 Å². The van der Waals surface area contributed by atoms with E-state index in [2.05, 4.69) is 13.8 Å². The lowest BCUT2D eigenvalue weighted by atomic mass is 10.3. The van der Waals surface area contributed by atoms with Crippen LogP contribution in [0.3, 0.4) is 0 Å². The molecule has 0 aliphatic heterocycles. The van der Waals surface area contributed by atoms with Crippen LogP contribution in [0.25, 0.3) is 11.0 Å². The lowest BCUT2D eigenvalue weighted by Gasteiger charge is -1.81. The fourth-order valence-electron chi connectivity index (χ4n) is 1.26. The average molecular weight is 190 g/mol. The average Bonchev–Trinajstić information content (AvgIpc) is 2.67. The van der Waals surface area contributed by atoms with Crippen molar-refractivity contribution in [2.45, 2.75) is 33.1 Å². The Kier molecular flexibility index (Phi) is 4.84. The summed E-state index contributed by atoms with van der Waals surface area (Å²) >= 11 is 0. The summed E-state index contributed by atoms with van der Waals surface area (Å²) in [6, 6.07) is 9.90. The van der Waals surface area contributed by atoms with Crippen molar-refractivity contribution in [3.8, 4) is 0 Å². The Labute approximate surface area is 85.7 Å². The summed E-state index contributed by atoms with van der Waals surface area (Å²) in [7, 11) is 0.